The lowest BCUT2D eigenvalue weighted by molar-refractivity contribution is -0.125. The highest BCUT2D eigenvalue weighted by Gasteiger charge is 2.43. The molecule has 0 saturated heterocycles. The van der Waals surface area contributed by atoms with Crippen LogP contribution in [0.2, 0.25) is 0 Å². The molecule has 4 nitrogen and oxygen atoms in total. The van der Waals surface area contributed by atoms with Gasteiger partial charge in [-0.05, 0) is 44.7 Å². The van der Waals surface area contributed by atoms with Crippen LogP contribution in [0.1, 0.15) is 40.0 Å². The average molecular weight is 256 g/mol. The number of aliphatic hydroxyl groups is 1. The molecule has 1 amide bonds. The highest BCUT2D eigenvalue weighted by atomic mass is 16.3. The Morgan fingerprint density at radius 3 is 2.44 bits per heavy atom. The fraction of sp³-hybridized carbons (Fsp3) is 0.929. The Kier molecular flexibility index (Phi) is 4.78. The fourth-order valence-corrected chi connectivity index (χ4v) is 3.62. The van der Waals surface area contributed by atoms with Crippen LogP contribution in [0.25, 0.3) is 0 Å². The van der Waals surface area contributed by atoms with Crippen LogP contribution in [0.15, 0.2) is 0 Å². The summed E-state index contributed by atoms with van der Waals surface area (Å²) < 4.78 is 0. The Morgan fingerprint density at radius 1 is 1.39 bits per heavy atom. The van der Waals surface area contributed by atoms with E-state index in [4.69, 9.17) is 0 Å². The molecule has 106 valence electrons. The van der Waals surface area contributed by atoms with Gasteiger partial charge in [0, 0.05) is 0 Å². The summed E-state index contributed by atoms with van der Waals surface area (Å²) in [5.74, 6) is 0.527. The first-order chi connectivity index (χ1) is 8.18. The lowest BCUT2D eigenvalue weighted by Crippen LogP contribution is -2.58. The van der Waals surface area contributed by atoms with Gasteiger partial charge in [-0.1, -0.05) is 20.8 Å². The van der Waals surface area contributed by atoms with E-state index in [1.807, 2.05) is 19.0 Å². The quantitative estimate of drug-likeness (QED) is 0.796. The SMILES string of the molecule is C[C@H]1CC(C)(C)C[C@@](CO)(NC(=O)CN(C)C)C1. The van der Waals surface area contributed by atoms with E-state index in [9.17, 15) is 9.90 Å². The molecule has 1 rings (SSSR count). The molecule has 0 bridgehead atoms. The largest absolute Gasteiger partial charge is 0.394 e. The van der Waals surface area contributed by atoms with E-state index in [2.05, 4.69) is 26.1 Å². The zero-order valence-electron chi connectivity index (χ0n) is 12.4. The van der Waals surface area contributed by atoms with E-state index in [0.717, 1.165) is 19.3 Å². The zero-order valence-corrected chi connectivity index (χ0v) is 12.4. The molecule has 2 atom stereocenters. The predicted molar refractivity (Wildman–Crippen MR) is 73.3 cm³/mol. The molecule has 1 aliphatic carbocycles. The monoisotopic (exact) mass is 256 g/mol. The molecular formula is C14H28N2O2. The molecule has 18 heavy (non-hydrogen) atoms. The van der Waals surface area contributed by atoms with Gasteiger partial charge in [0.2, 0.25) is 5.91 Å². The van der Waals surface area contributed by atoms with Crippen LogP contribution in [0.3, 0.4) is 0 Å². The standard InChI is InChI=1S/C14H28N2O2/c1-11-6-13(2,3)9-14(7-11,10-17)15-12(18)8-16(4)5/h11,17H,6-10H2,1-5H3,(H,15,18)/t11-,14-/m0/s1. The number of nitrogens with one attached hydrogen (secondary N) is 1. The molecule has 0 aromatic heterocycles. The van der Waals surface area contributed by atoms with Crippen LogP contribution >= 0.6 is 0 Å². The molecule has 1 aliphatic rings. The van der Waals surface area contributed by atoms with Crippen LogP contribution in [-0.4, -0.2) is 48.7 Å². The second kappa shape index (κ2) is 5.57. The van der Waals surface area contributed by atoms with Crippen molar-refractivity contribution in [3.05, 3.63) is 0 Å². The Hall–Kier alpha value is -0.610. The maximum absolute atomic E-state index is 11.9. The van der Waals surface area contributed by atoms with Crippen molar-refractivity contribution >= 4 is 5.91 Å². The summed E-state index contributed by atoms with van der Waals surface area (Å²) in [5, 5.41) is 12.8. The van der Waals surface area contributed by atoms with Gasteiger partial charge in [-0.25, -0.2) is 0 Å². The summed E-state index contributed by atoms with van der Waals surface area (Å²) in [5.41, 5.74) is -0.264. The molecule has 4 heteroatoms. The van der Waals surface area contributed by atoms with E-state index in [-0.39, 0.29) is 17.9 Å². The fourth-order valence-electron chi connectivity index (χ4n) is 3.62. The molecular weight excluding hydrogens is 228 g/mol. The third kappa shape index (κ3) is 4.25. The van der Waals surface area contributed by atoms with Gasteiger partial charge < -0.3 is 15.3 Å². The van der Waals surface area contributed by atoms with Crippen LogP contribution < -0.4 is 5.32 Å². The van der Waals surface area contributed by atoms with E-state index in [0.29, 0.717) is 12.5 Å². The van der Waals surface area contributed by atoms with Crippen molar-refractivity contribution in [1.29, 1.82) is 0 Å². The zero-order chi connectivity index (χ0) is 14.0. The second-order valence-corrected chi connectivity index (χ2v) is 7.08. The molecule has 0 radical (unpaired) electrons. The summed E-state index contributed by atoms with van der Waals surface area (Å²) in [4.78, 5) is 13.8. The molecule has 0 aromatic rings. The van der Waals surface area contributed by atoms with E-state index in [1.165, 1.54) is 0 Å². The topological polar surface area (TPSA) is 52.6 Å². The smallest absolute Gasteiger partial charge is 0.234 e. The lowest BCUT2D eigenvalue weighted by Gasteiger charge is -2.47. The Balaban J connectivity index is 2.75. The van der Waals surface area contributed by atoms with Gasteiger partial charge in [-0.3, -0.25) is 4.79 Å². The maximum atomic E-state index is 11.9. The minimum absolute atomic E-state index is 0.000972. The van der Waals surface area contributed by atoms with E-state index < -0.39 is 5.54 Å². The number of hydrogen-bond donors (Lipinski definition) is 2. The summed E-state index contributed by atoms with van der Waals surface area (Å²) >= 11 is 0. The van der Waals surface area contributed by atoms with Crippen molar-refractivity contribution in [2.45, 2.75) is 45.6 Å². The Labute approximate surface area is 111 Å². The van der Waals surface area contributed by atoms with Gasteiger partial charge in [-0.2, -0.15) is 0 Å². The number of aliphatic hydroxyl groups excluding tert-OH is 1. The van der Waals surface area contributed by atoms with Crippen molar-refractivity contribution in [1.82, 2.24) is 10.2 Å². The third-order valence-corrected chi connectivity index (χ3v) is 3.62. The summed E-state index contributed by atoms with van der Waals surface area (Å²) in [6.07, 6.45) is 2.87. The van der Waals surface area contributed by atoms with Crippen molar-refractivity contribution in [3.63, 3.8) is 0 Å². The number of carbonyl (C=O) groups is 1. The number of rotatable bonds is 4. The molecule has 0 unspecified atom stereocenters. The van der Waals surface area contributed by atoms with Crippen molar-refractivity contribution < 1.29 is 9.90 Å². The molecule has 1 saturated carbocycles. The summed E-state index contributed by atoms with van der Waals surface area (Å²) in [7, 11) is 3.75. The number of carbonyl (C=O) groups excluding carboxylic acids is 1. The minimum atomic E-state index is -0.436. The Morgan fingerprint density at radius 2 is 2.00 bits per heavy atom. The number of amides is 1. The van der Waals surface area contributed by atoms with Gasteiger partial charge in [-0.15, -0.1) is 0 Å². The van der Waals surface area contributed by atoms with Gasteiger partial charge in [0.05, 0.1) is 18.7 Å². The third-order valence-electron chi connectivity index (χ3n) is 3.62. The van der Waals surface area contributed by atoms with Crippen molar-refractivity contribution in [2.24, 2.45) is 11.3 Å². The predicted octanol–water partition coefficient (Wildman–Crippen LogP) is 1.24. The summed E-state index contributed by atoms with van der Waals surface area (Å²) in [6.45, 7) is 7.02. The highest BCUT2D eigenvalue weighted by Crippen LogP contribution is 2.43. The molecule has 2 N–H and O–H groups in total. The normalized spacial score (nSPS) is 31.4. The number of hydrogen-bond acceptors (Lipinski definition) is 3. The first-order valence-electron chi connectivity index (χ1n) is 6.75. The molecule has 0 aromatic carbocycles. The van der Waals surface area contributed by atoms with Crippen LogP contribution in [0, 0.1) is 11.3 Å². The molecule has 1 fully saturated rings. The van der Waals surface area contributed by atoms with Gasteiger partial charge in [0.25, 0.3) is 0 Å². The van der Waals surface area contributed by atoms with Crippen LogP contribution in [0.5, 0.6) is 0 Å². The van der Waals surface area contributed by atoms with Gasteiger partial charge >= 0.3 is 0 Å². The number of nitrogens with zero attached hydrogens (tertiary/aromatic N) is 1. The maximum Gasteiger partial charge on any atom is 0.234 e. The van der Waals surface area contributed by atoms with Crippen molar-refractivity contribution in [3.8, 4) is 0 Å². The molecule has 0 spiro atoms. The molecule has 0 heterocycles. The molecule has 0 aliphatic heterocycles. The van der Waals surface area contributed by atoms with E-state index >= 15 is 0 Å². The van der Waals surface area contributed by atoms with Crippen LogP contribution in [0.4, 0.5) is 0 Å². The first-order valence-corrected chi connectivity index (χ1v) is 6.75. The average Bonchev–Trinajstić information content (AvgIpc) is 2.12. The van der Waals surface area contributed by atoms with Crippen molar-refractivity contribution in [2.75, 3.05) is 27.2 Å². The first kappa shape index (κ1) is 15.4. The second-order valence-electron chi connectivity index (χ2n) is 7.08. The van der Waals surface area contributed by atoms with Gasteiger partial charge in [0.15, 0.2) is 0 Å². The number of likely N-dealkylation sites (N-methyl/N-ethyl adjacent to an activating group) is 1. The van der Waals surface area contributed by atoms with Gasteiger partial charge in [0.1, 0.15) is 0 Å². The minimum Gasteiger partial charge on any atom is -0.394 e. The van der Waals surface area contributed by atoms with E-state index in [1.54, 1.807) is 0 Å². The lowest BCUT2D eigenvalue weighted by atomic mass is 9.64. The van der Waals surface area contributed by atoms with Crippen LogP contribution in [-0.2, 0) is 4.79 Å². The summed E-state index contributed by atoms with van der Waals surface area (Å²) in [6, 6.07) is 0. The Bertz CT molecular complexity index is 302. The highest BCUT2D eigenvalue weighted by molar-refractivity contribution is 5.78.